The highest BCUT2D eigenvalue weighted by Gasteiger charge is 2.23. The number of amides is 1. The lowest BCUT2D eigenvalue weighted by Gasteiger charge is -2.16. The van der Waals surface area contributed by atoms with Gasteiger partial charge in [0.2, 0.25) is 0 Å². The molecule has 0 bridgehead atoms. The summed E-state index contributed by atoms with van der Waals surface area (Å²) in [5.41, 5.74) is 4.98. The summed E-state index contributed by atoms with van der Waals surface area (Å²) in [6.07, 6.45) is 0. The van der Waals surface area contributed by atoms with Crippen LogP contribution < -0.4 is 10.2 Å². The topological polar surface area (TPSA) is 94.5 Å². The molecule has 26 heavy (non-hydrogen) atoms. The number of hydrogen-bond donors (Lipinski definition) is 2. The van der Waals surface area contributed by atoms with Crippen LogP contribution in [-0.4, -0.2) is 34.2 Å². The van der Waals surface area contributed by atoms with Crippen LogP contribution >= 0.6 is 0 Å². The molecule has 2 N–H and O–H groups in total. The first kappa shape index (κ1) is 19.6. The Morgan fingerprint density at radius 3 is 2.31 bits per heavy atom. The number of carbonyl (C=O) groups excluding carboxylic acids is 1. The highest BCUT2D eigenvalue weighted by atomic mass is 16.6. The van der Waals surface area contributed by atoms with Gasteiger partial charge in [0, 0.05) is 5.69 Å². The molecule has 1 heterocycles. The number of benzene rings is 1. The van der Waals surface area contributed by atoms with E-state index in [2.05, 4.69) is 10.4 Å². The summed E-state index contributed by atoms with van der Waals surface area (Å²) in [4.78, 5) is 24.0. The Hall–Kier alpha value is -2.74. The average molecular weight is 360 g/mol. The quantitative estimate of drug-likeness (QED) is 0.602. The fourth-order valence-corrected chi connectivity index (χ4v) is 3.25. The van der Waals surface area contributed by atoms with E-state index in [1.807, 2.05) is 40.0 Å². The van der Waals surface area contributed by atoms with Gasteiger partial charge in [-0.1, -0.05) is 17.7 Å². The van der Waals surface area contributed by atoms with Gasteiger partial charge in [0.25, 0.3) is 5.91 Å². The van der Waals surface area contributed by atoms with Crippen LogP contribution in [0.15, 0.2) is 12.1 Å². The summed E-state index contributed by atoms with van der Waals surface area (Å²) in [5, 5.41) is 18.3. The van der Waals surface area contributed by atoms with Crippen LogP contribution in [0.2, 0.25) is 0 Å². The number of likely N-dealkylation sites (N-methyl/N-ethyl adjacent to an activating group) is 1. The largest absolute Gasteiger partial charge is 0.321 e. The van der Waals surface area contributed by atoms with Crippen molar-refractivity contribution < 1.29 is 14.6 Å². The second-order valence-corrected chi connectivity index (χ2v) is 6.89. The number of nitrogens with zero attached hydrogens (tertiary/aromatic N) is 3. The molecule has 1 aromatic carbocycles. The molecule has 1 amide bonds. The SMILES string of the molecule is Cc1cc(C)c(NC(=O)C[NH+](C)Cn2nc(C)c([N+](=O)[O-])c2C)c(C)c1. The van der Waals surface area contributed by atoms with Gasteiger partial charge in [-0.25, -0.2) is 4.68 Å². The standard InChI is InChI=1S/C18H25N5O3/c1-11-7-12(2)17(13(3)8-11)19-16(24)9-21(6)10-22-15(5)18(23(25)26)14(4)20-22/h7-8H,9-10H2,1-6H3,(H,19,24)/p+1. The zero-order valence-corrected chi connectivity index (χ0v) is 16.1. The normalized spacial score (nSPS) is 12.1. The summed E-state index contributed by atoms with van der Waals surface area (Å²) in [5.74, 6) is -0.103. The number of aryl methyl sites for hydroxylation is 4. The number of anilines is 1. The van der Waals surface area contributed by atoms with E-state index in [1.54, 1.807) is 18.5 Å². The average Bonchev–Trinajstić information content (AvgIpc) is 2.76. The van der Waals surface area contributed by atoms with Crippen LogP contribution in [0.4, 0.5) is 11.4 Å². The van der Waals surface area contributed by atoms with Gasteiger partial charge in [-0.15, -0.1) is 0 Å². The number of aromatic nitrogens is 2. The van der Waals surface area contributed by atoms with Crippen LogP contribution in [-0.2, 0) is 11.5 Å². The monoisotopic (exact) mass is 360 g/mol. The molecular formula is C18H26N5O3+. The third-order valence-corrected chi connectivity index (χ3v) is 4.35. The van der Waals surface area contributed by atoms with Crippen LogP contribution in [0.5, 0.6) is 0 Å². The van der Waals surface area contributed by atoms with E-state index in [0.29, 0.717) is 18.1 Å². The Morgan fingerprint density at radius 2 is 1.81 bits per heavy atom. The molecule has 0 saturated carbocycles. The lowest BCUT2D eigenvalue weighted by Crippen LogP contribution is -3.09. The molecule has 140 valence electrons. The Labute approximate surface area is 153 Å². The highest BCUT2D eigenvalue weighted by molar-refractivity contribution is 5.93. The van der Waals surface area contributed by atoms with Gasteiger partial charge in [0.1, 0.15) is 11.4 Å². The number of quaternary nitrogens is 1. The predicted molar refractivity (Wildman–Crippen MR) is 99.4 cm³/mol. The summed E-state index contributed by atoms with van der Waals surface area (Å²) in [7, 11) is 1.86. The third-order valence-electron chi connectivity index (χ3n) is 4.35. The van der Waals surface area contributed by atoms with E-state index in [9.17, 15) is 14.9 Å². The van der Waals surface area contributed by atoms with Crippen molar-refractivity contribution in [2.75, 3.05) is 18.9 Å². The summed E-state index contributed by atoms with van der Waals surface area (Å²) >= 11 is 0. The number of hydrogen-bond acceptors (Lipinski definition) is 4. The highest BCUT2D eigenvalue weighted by Crippen LogP contribution is 2.22. The van der Waals surface area contributed by atoms with Crippen molar-refractivity contribution in [3.63, 3.8) is 0 Å². The second kappa shape index (κ2) is 7.65. The van der Waals surface area contributed by atoms with E-state index >= 15 is 0 Å². The van der Waals surface area contributed by atoms with Crippen LogP contribution in [0.3, 0.4) is 0 Å². The lowest BCUT2D eigenvalue weighted by molar-refractivity contribution is -0.895. The van der Waals surface area contributed by atoms with Crippen molar-refractivity contribution in [2.45, 2.75) is 41.3 Å². The minimum atomic E-state index is -0.418. The first-order valence-electron chi connectivity index (χ1n) is 8.47. The van der Waals surface area contributed by atoms with Gasteiger partial charge in [0.15, 0.2) is 13.2 Å². The minimum Gasteiger partial charge on any atom is -0.321 e. The van der Waals surface area contributed by atoms with E-state index in [0.717, 1.165) is 27.3 Å². The number of carbonyl (C=O) groups is 1. The Balaban J connectivity index is 2.05. The molecule has 0 aliphatic rings. The molecule has 0 aliphatic carbocycles. The molecule has 1 aromatic heterocycles. The predicted octanol–water partition coefficient (Wildman–Crippen LogP) is 1.44. The van der Waals surface area contributed by atoms with Gasteiger partial charge in [0.05, 0.1) is 12.0 Å². The molecule has 1 atom stereocenters. The van der Waals surface area contributed by atoms with Crippen LogP contribution in [0, 0.1) is 44.7 Å². The van der Waals surface area contributed by atoms with E-state index in [-0.39, 0.29) is 18.1 Å². The Bertz CT molecular complexity index is 834. The zero-order chi connectivity index (χ0) is 19.6. The second-order valence-electron chi connectivity index (χ2n) is 6.89. The van der Waals surface area contributed by atoms with Crippen LogP contribution in [0.25, 0.3) is 0 Å². The fraction of sp³-hybridized carbons (Fsp3) is 0.444. The smallest absolute Gasteiger partial charge is 0.312 e. The molecule has 0 aliphatic heterocycles. The molecule has 0 spiro atoms. The van der Waals surface area contributed by atoms with Crippen molar-refractivity contribution in [1.29, 1.82) is 0 Å². The van der Waals surface area contributed by atoms with Crippen molar-refractivity contribution in [2.24, 2.45) is 0 Å². The lowest BCUT2D eigenvalue weighted by atomic mass is 10.1. The maximum atomic E-state index is 12.4. The summed E-state index contributed by atoms with van der Waals surface area (Å²) in [6.45, 7) is 9.87. The molecule has 8 nitrogen and oxygen atoms in total. The van der Waals surface area contributed by atoms with Gasteiger partial charge in [-0.05, 0) is 45.7 Å². The molecular weight excluding hydrogens is 334 g/mol. The third kappa shape index (κ3) is 4.26. The first-order valence-corrected chi connectivity index (χ1v) is 8.47. The van der Waals surface area contributed by atoms with Gasteiger partial charge >= 0.3 is 5.69 Å². The van der Waals surface area contributed by atoms with E-state index in [4.69, 9.17) is 0 Å². The molecule has 8 heteroatoms. The Morgan fingerprint density at radius 1 is 1.23 bits per heavy atom. The summed E-state index contributed by atoms with van der Waals surface area (Å²) < 4.78 is 1.58. The number of rotatable bonds is 6. The van der Waals surface area contributed by atoms with Gasteiger partial charge < -0.3 is 10.2 Å². The number of nitro groups is 1. The van der Waals surface area contributed by atoms with Gasteiger partial charge in [-0.3, -0.25) is 14.9 Å². The summed E-state index contributed by atoms with van der Waals surface area (Å²) in [6, 6.07) is 4.07. The molecule has 1 unspecified atom stereocenters. The van der Waals surface area contributed by atoms with E-state index in [1.165, 1.54) is 0 Å². The maximum absolute atomic E-state index is 12.4. The number of nitrogens with one attached hydrogen (secondary N) is 2. The first-order chi connectivity index (χ1) is 12.1. The molecule has 0 saturated heterocycles. The zero-order valence-electron chi connectivity index (χ0n) is 16.1. The maximum Gasteiger partial charge on any atom is 0.312 e. The molecule has 0 fully saturated rings. The minimum absolute atomic E-state index is 0.0353. The molecule has 2 rings (SSSR count). The van der Waals surface area contributed by atoms with Crippen molar-refractivity contribution in [3.8, 4) is 0 Å². The van der Waals surface area contributed by atoms with Gasteiger partial charge in [-0.2, -0.15) is 5.10 Å². The van der Waals surface area contributed by atoms with Crippen molar-refractivity contribution >= 4 is 17.3 Å². The van der Waals surface area contributed by atoms with Crippen molar-refractivity contribution in [1.82, 2.24) is 9.78 Å². The molecule has 2 aromatic rings. The molecule has 0 radical (unpaired) electrons. The Kier molecular flexibility index (Phi) is 5.76. The van der Waals surface area contributed by atoms with E-state index < -0.39 is 4.92 Å². The van der Waals surface area contributed by atoms with Crippen LogP contribution in [0.1, 0.15) is 28.1 Å². The fourth-order valence-electron chi connectivity index (χ4n) is 3.25. The van der Waals surface area contributed by atoms with Crippen molar-refractivity contribution in [3.05, 3.63) is 50.3 Å².